The van der Waals surface area contributed by atoms with Gasteiger partial charge in [-0.15, -0.1) is 0 Å². The van der Waals surface area contributed by atoms with Gasteiger partial charge < -0.3 is 24.4 Å². The number of aromatic hydroxyl groups is 1. The van der Waals surface area contributed by atoms with Gasteiger partial charge in [-0.1, -0.05) is 6.08 Å². The van der Waals surface area contributed by atoms with Crippen molar-refractivity contribution in [2.75, 3.05) is 13.7 Å². The summed E-state index contributed by atoms with van der Waals surface area (Å²) in [7, 11) is 1.48. The SMILES string of the molecule is CCOC(=O)C(C)(C)C(O)C(C)=CCC1OC(=O)c2c(O)cc(OC)c(C)c21. The molecule has 1 aromatic carbocycles. The number of methoxy groups -OCH3 is 1. The molecule has 0 aromatic heterocycles. The van der Waals surface area contributed by atoms with Gasteiger partial charge in [0.15, 0.2) is 0 Å². The number of esters is 2. The minimum absolute atomic E-state index is 0.141. The number of fused-ring (bicyclic) bond motifs is 1. The Hall–Kier alpha value is -2.54. The van der Waals surface area contributed by atoms with Crippen molar-refractivity contribution < 1.29 is 34.0 Å². The highest BCUT2D eigenvalue weighted by molar-refractivity contribution is 5.98. The van der Waals surface area contributed by atoms with Crippen LogP contribution < -0.4 is 4.74 Å². The molecular formula is C21H28O7. The summed E-state index contributed by atoms with van der Waals surface area (Å²) in [5.41, 5.74) is 0.877. The number of carbonyl (C=O) groups excluding carboxylic acids is 2. The number of hydrogen-bond acceptors (Lipinski definition) is 7. The van der Waals surface area contributed by atoms with Gasteiger partial charge in [-0.25, -0.2) is 4.79 Å². The number of benzene rings is 1. The van der Waals surface area contributed by atoms with Gasteiger partial charge in [0.25, 0.3) is 0 Å². The van der Waals surface area contributed by atoms with Crippen LogP contribution in [0.25, 0.3) is 0 Å². The number of cyclic esters (lactones) is 1. The van der Waals surface area contributed by atoms with Gasteiger partial charge >= 0.3 is 11.9 Å². The van der Waals surface area contributed by atoms with Crippen LogP contribution in [-0.4, -0.2) is 42.0 Å². The van der Waals surface area contributed by atoms with Crippen molar-refractivity contribution in [1.82, 2.24) is 0 Å². The van der Waals surface area contributed by atoms with E-state index in [-0.39, 0.29) is 24.3 Å². The summed E-state index contributed by atoms with van der Waals surface area (Å²) in [6.45, 7) is 8.68. The maximum Gasteiger partial charge on any atom is 0.342 e. The largest absolute Gasteiger partial charge is 0.507 e. The van der Waals surface area contributed by atoms with E-state index in [1.165, 1.54) is 13.2 Å². The summed E-state index contributed by atoms with van der Waals surface area (Å²) in [6.07, 6.45) is 0.349. The molecule has 28 heavy (non-hydrogen) atoms. The summed E-state index contributed by atoms with van der Waals surface area (Å²) < 4.78 is 15.7. The molecule has 0 amide bonds. The van der Waals surface area contributed by atoms with Gasteiger partial charge in [0.2, 0.25) is 0 Å². The normalized spacial score (nSPS) is 17.8. The van der Waals surface area contributed by atoms with E-state index in [1.807, 2.05) is 0 Å². The number of aliphatic hydroxyl groups is 1. The molecule has 7 heteroatoms. The third-order valence-corrected chi connectivity index (χ3v) is 5.13. The molecule has 1 aromatic rings. The van der Waals surface area contributed by atoms with E-state index in [1.54, 1.807) is 40.7 Å². The first-order valence-corrected chi connectivity index (χ1v) is 9.19. The molecule has 2 N–H and O–H groups in total. The van der Waals surface area contributed by atoms with Gasteiger partial charge in [0.05, 0.1) is 25.2 Å². The molecule has 2 unspecified atom stereocenters. The summed E-state index contributed by atoms with van der Waals surface area (Å²) in [5, 5.41) is 20.8. The topological polar surface area (TPSA) is 102 Å². The monoisotopic (exact) mass is 392 g/mol. The van der Waals surface area contributed by atoms with Crippen molar-refractivity contribution >= 4 is 11.9 Å². The molecule has 2 atom stereocenters. The fourth-order valence-electron chi connectivity index (χ4n) is 3.41. The zero-order valence-electron chi connectivity index (χ0n) is 17.2. The Morgan fingerprint density at radius 3 is 2.64 bits per heavy atom. The van der Waals surface area contributed by atoms with Gasteiger partial charge in [0.1, 0.15) is 23.2 Å². The predicted octanol–water partition coefficient (Wildman–Crippen LogP) is 3.21. The van der Waals surface area contributed by atoms with Crippen molar-refractivity contribution in [2.24, 2.45) is 5.41 Å². The Labute approximate surface area is 164 Å². The van der Waals surface area contributed by atoms with Crippen LogP contribution in [0.15, 0.2) is 17.7 Å². The first-order valence-electron chi connectivity index (χ1n) is 9.19. The average molecular weight is 392 g/mol. The summed E-state index contributed by atoms with van der Waals surface area (Å²) in [5.74, 6) is -0.807. The highest BCUT2D eigenvalue weighted by Crippen LogP contribution is 2.44. The van der Waals surface area contributed by atoms with E-state index in [2.05, 4.69) is 0 Å². The Bertz CT molecular complexity index is 807. The number of phenolic OH excluding ortho intramolecular Hbond substituents is 1. The van der Waals surface area contributed by atoms with Crippen LogP contribution in [0.5, 0.6) is 11.5 Å². The summed E-state index contributed by atoms with van der Waals surface area (Å²) in [4.78, 5) is 24.3. The Morgan fingerprint density at radius 2 is 2.07 bits per heavy atom. The van der Waals surface area contributed by atoms with E-state index in [0.29, 0.717) is 22.4 Å². The second kappa shape index (κ2) is 8.22. The van der Waals surface area contributed by atoms with Crippen molar-refractivity contribution in [1.29, 1.82) is 0 Å². The number of rotatable bonds is 7. The maximum absolute atomic E-state index is 12.2. The first-order chi connectivity index (χ1) is 13.1. The fourth-order valence-corrected chi connectivity index (χ4v) is 3.41. The quantitative estimate of drug-likeness (QED) is 0.542. The van der Waals surface area contributed by atoms with Crippen LogP contribution in [0.2, 0.25) is 0 Å². The van der Waals surface area contributed by atoms with Gasteiger partial charge in [-0.3, -0.25) is 4.79 Å². The molecule has 2 rings (SSSR count). The van der Waals surface area contributed by atoms with Crippen LogP contribution in [0, 0.1) is 12.3 Å². The predicted molar refractivity (Wildman–Crippen MR) is 102 cm³/mol. The van der Waals surface area contributed by atoms with E-state index in [9.17, 15) is 19.8 Å². The van der Waals surface area contributed by atoms with Crippen molar-refractivity contribution in [2.45, 2.75) is 53.2 Å². The lowest BCUT2D eigenvalue weighted by Gasteiger charge is -2.29. The van der Waals surface area contributed by atoms with E-state index in [4.69, 9.17) is 14.2 Å². The molecule has 0 saturated carbocycles. The standard InChI is InChI=1S/C21H28O7/c1-7-27-20(25)21(4,5)18(23)11(2)8-9-14-16-12(3)15(26-6)10-13(22)17(16)19(24)28-14/h8,10,14,18,22-23H,7,9H2,1-6H3. The van der Waals surface area contributed by atoms with E-state index < -0.39 is 29.6 Å². The highest BCUT2D eigenvalue weighted by Gasteiger charge is 2.39. The molecule has 0 spiro atoms. The third-order valence-electron chi connectivity index (χ3n) is 5.13. The van der Waals surface area contributed by atoms with E-state index >= 15 is 0 Å². The lowest BCUT2D eigenvalue weighted by molar-refractivity contribution is -0.158. The van der Waals surface area contributed by atoms with Crippen LogP contribution in [0.1, 0.15) is 61.7 Å². The molecule has 0 aliphatic carbocycles. The van der Waals surface area contributed by atoms with Crippen LogP contribution >= 0.6 is 0 Å². The molecule has 1 aliphatic heterocycles. The van der Waals surface area contributed by atoms with Gasteiger partial charge in [-0.05, 0) is 45.8 Å². The van der Waals surface area contributed by atoms with Crippen LogP contribution in [-0.2, 0) is 14.3 Å². The first kappa shape index (κ1) is 21.8. The molecular weight excluding hydrogens is 364 g/mol. The molecule has 7 nitrogen and oxygen atoms in total. The highest BCUT2D eigenvalue weighted by atomic mass is 16.6. The minimum Gasteiger partial charge on any atom is -0.507 e. The van der Waals surface area contributed by atoms with Crippen molar-refractivity contribution in [3.05, 3.63) is 34.4 Å². The van der Waals surface area contributed by atoms with Crippen LogP contribution in [0.4, 0.5) is 0 Å². The van der Waals surface area contributed by atoms with Crippen molar-refractivity contribution in [3.63, 3.8) is 0 Å². The molecule has 1 aliphatic rings. The fraction of sp³-hybridized carbons (Fsp3) is 0.524. The maximum atomic E-state index is 12.2. The molecule has 1 heterocycles. The smallest absolute Gasteiger partial charge is 0.342 e. The number of aliphatic hydroxyl groups excluding tert-OH is 1. The Kier molecular flexibility index (Phi) is 6.39. The second-order valence-corrected chi connectivity index (χ2v) is 7.43. The van der Waals surface area contributed by atoms with Gasteiger partial charge in [0, 0.05) is 18.1 Å². The minimum atomic E-state index is -1.11. The molecule has 0 saturated heterocycles. The second-order valence-electron chi connectivity index (χ2n) is 7.43. The number of ether oxygens (including phenoxy) is 3. The van der Waals surface area contributed by atoms with Crippen molar-refractivity contribution in [3.8, 4) is 11.5 Å². The van der Waals surface area contributed by atoms with Gasteiger partial charge in [-0.2, -0.15) is 0 Å². The molecule has 0 radical (unpaired) electrons. The number of carbonyl (C=O) groups is 2. The average Bonchev–Trinajstić information content (AvgIpc) is 2.99. The summed E-state index contributed by atoms with van der Waals surface area (Å²) >= 11 is 0. The molecule has 0 bridgehead atoms. The number of phenols is 1. The Balaban J connectivity index is 2.28. The van der Waals surface area contributed by atoms with E-state index in [0.717, 1.165) is 0 Å². The number of hydrogen-bond donors (Lipinski definition) is 2. The summed E-state index contributed by atoms with van der Waals surface area (Å²) in [6, 6.07) is 1.39. The Morgan fingerprint density at radius 1 is 1.43 bits per heavy atom. The lowest BCUT2D eigenvalue weighted by Crippen LogP contribution is -2.39. The molecule has 154 valence electrons. The zero-order valence-corrected chi connectivity index (χ0v) is 17.2. The molecule has 0 fully saturated rings. The lowest BCUT2D eigenvalue weighted by atomic mass is 9.82. The zero-order chi connectivity index (χ0) is 21.2. The van der Waals surface area contributed by atoms with Crippen LogP contribution in [0.3, 0.4) is 0 Å². The third kappa shape index (κ3) is 3.85.